The third kappa shape index (κ3) is 3.70. The van der Waals surface area contributed by atoms with E-state index in [1.807, 2.05) is 24.3 Å². The van der Waals surface area contributed by atoms with E-state index >= 15 is 0 Å². The molecule has 2 aromatic carbocycles. The van der Waals surface area contributed by atoms with Crippen LogP contribution in [0.15, 0.2) is 47.5 Å². The van der Waals surface area contributed by atoms with Gasteiger partial charge in [-0.15, -0.1) is 6.42 Å². The van der Waals surface area contributed by atoms with Gasteiger partial charge in [-0.1, -0.05) is 54.5 Å². The smallest absolute Gasteiger partial charge is 0.252 e. The predicted molar refractivity (Wildman–Crippen MR) is 98.7 cm³/mol. The van der Waals surface area contributed by atoms with Gasteiger partial charge in [0.15, 0.2) is 4.80 Å². The first-order valence-corrected chi connectivity index (χ1v) is 8.80. The maximum Gasteiger partial charge on any atom is 0.252 e. The molecule has 3 aromatic rings. The van der Waals surface area contributed by atoms with Gasteiger partial charge in [-0.2, -0.15) is 4.99 Å². The average molecular weight is 352 g/mol. The van der Waals surface area contributed by atoms with Gasteiger partial charge >= 0.3 is 0 Å². The summed E-state index contributed by atoms with van der Waals surface area (Å²) in [4.78, 5) is 16.9. The van der Waals surface area contributed by atoms with E-state index in [0.717, 1.165) is 12.0 Å². The molecule has 0 spiro atoms. The van der Waals surface area contributed by atoms with E-state index in [1.165, 1.54) is 23.0 Å². The zero-order chi connectivity index (χ0) is 17.8. The number of rotatable bonds is 4. The summed E-state index contributed by atoms with van der Waals surface area (Å²) in [6, 6.07) is 12.7. The lowest BCUT2D eigenvalue weighted by molar-refractivity contribution is -0.117. The topological polar surface area (TPSA) is 34.4 Å². The number of halogens is 1. The second-order valence-corrected chi connectivity index (χ2v) is 6.62. The van der Waals surface area contributed by atoms with Crippen molar-refractivity contribution in [3.63, 3.8) is 0 Å². The lowest BCUT2D eigenvalue weighted by Gasteiger charge is -2.01. The Morgan fingerprint density at radius 3 is 2.64 bits per heavy atom. The van der Waals surface area contributed by atoms with Crippen LogP contribution in [0.4, 0.5) is 4.39 Å². The van der Waals surface area contributed by atoms with Crippen LogP contribution in [0.3, 0.4) is 0 Å². The van der Waals surface area contributed by atoms with Crippen molar-refractivity contribution in [2.24, 2.45) is 4.99 Å². The van der Waals surface area contributed by atoms with Gasteiger partial charge in [0.1, 0.15) is 5.82 Å². The third-order valence-corrected chi connectivity index (χ3v) is 4.95. The molecule has 0 fully saturated rings. The largest absolute Gasteiger partial charge is 0.302 e. The highest BCUT2D eigenvalue weighted by atomic mass is 32.1. The van der Waals surface area contributed by atoms with Crippen molar-refractivity contribution in [1.82, 2.24) is 4.57 Å². The molecule has 0 saturated heterocycles. The molecule has 0 unspecified atom stereocenters. The number of terminal acetylenes is 1. The normalized spacial score (nSPS) is 11.6. The van der Waals surface area contributed by atoms with Gasteiger partial charge in [-0.05, 0) is 29.7 Å². The number of aromatic nitrogens is 1. The van der Waals surface area contributed by atoms with Crippen LogP contribution < -0.4 is 4.80 Å². The standard InChI is InChI=1S/C20H17FN2OS/c1-3-12-23-19-16(21)6-5-7-17(19)25-20(23)22-18(24)13-15-10-8-14(4-2)9-11-15/h1,5-11H,4,12-13H2,2H3. The maximum absolute atomic E-state index is 14.1. The third-order valence-electron chi connectivity index (χ3n) is 3.91. The number of carbonyl (C=O) groups is 1. The molecule has 0 N–H and O–H groups in total. The fourth-order valence-electron chi connectivity index (χ4n) is 2.62. The second kappa shape index (κ2) is 7.45. The van der Waals surface area contributed by atoms with Crippen LogP contribution in [-0.4, -0.2) is 10.5 Å². The zero-order valence-corrected chi connectivity index (χ0v) is 14.6. The molecule has 0 atom stereocenters. The summed E-state index contributed by atoms with van der Waals surface area (Å²) in [5.41, 5.74) is 2.52. The molecule has 0 bridgehead atoms. The van der Waals surface area contributed by atoms with Gasteiger partial charge in [0.25, 0.3) is 5.91 Å². The first-order chi connectivity index (χ1) is 12.1. The van der Waals surface area contributed by atoms with Crippen LogP contribution in [0.5, 0.6) is 0 Å². The van der Waals surface area contributed by atoms with E-state index in [4.69, 9.17) is 6.42 Å². The van der Waals surface area contributed by atoms with Crippen molar-refractivity contribution in [3.05, 3.63) is 64.2 Å². The Morgan fingerprint density at radius 1 is 1.24 bits per heavy atom. The Bertz CT molecular complexity index is 1020. The molecule has 5 heteroatoms. The molecule has 1 heterocycles. The van der Waals surface area contributed by atoms with Crippen molar-refractivity contribution in [1.29, 1.82) is 0 Å². The molecule has 0 aliphatic heterocycles. The van der Waals surface area contributed by atoms with Crippen molar-refractivity contribution in [2.75, 3.05) is 0 Å². The summed E-state index contributed by atoms with van der Waals surface area (Å²) in [7, 11) is 0. The molecular formula is C20H17FN2OS. The van der Waals surface area contributed by atoms with Crippen LogP contribution in [0.1, 0.15) is 18.1 Å². The molecule has 3 nitrogen and oxygen atoms in total. The molecule has 126 valence electrons. The number of para-hydroxylation sites is 1. The molecular weight excluding hydrogens is 335 g/mol. The number of hydrogen-bond donors (Lipinski definition) is 0. The average Bonchev–Trinajstić information content (AvgIpc) is 2.94. The lowest BCUT2D eigenvalue weighted by Crippen LogP contribution is -2.17. The van der Waals surface area contributed by atoms with Gasteiger partial charge in [-0.25, -0.2) is 4.39 Å². The SMILES string of the molecule is C#CCn1c(=NC(=O)Cc2ccc(CC)cc2)sc2cccc(F)c21. The highest BCUT2D eigenvalue weighted by Crippen LogP contribution is 2.20. The van der Waals surface area contributed by atoms with Crippen LogP contribution >= 0.6 is 11.3 Å². The van der Waals surface area contributed by atoms with E-state index in [9.17, 15) is 9.18 Å². The van der Waals surface area contributed by atoms with Gasteiger partial charge in [0.05, 0.1) is 23.2 Å². The predicted octanol–water partition coefficient (Wildman–Crippen LogP) is 3.71. The fraction of sp³-hybridized carbons (Fsp3) is 0.200. The molecule has 1 aromatic heterocycles. The summed E-state index contributed by atoms with van der Waals surface area (Å²) in [6.45, 7) is 2.25. The fourth-order valence-corrected chi connectivity index (χ4v) is 3.68. The molecule has 1 amide bonds. The Balaban J connectivity index is 1.96. The molecule has 25 heavy (non-hydrogen) atoms. The zero-order valence-electron chi connectivity index (χ0n) is 13.8. The van der Waals surface area contributed by atoms with Gasteiger partial charge in [-0.3, -0.25) is 4.79 Å². The minimum atomic E-state index is -0.368. The number of nitrogens with zero attached hydrogens (tertiary/aromatic N) is 2. The van der Waals surface area contributed by atoms with E-state index in [2.05, 4.69) is 17.8 Å². The van der Waals surface area contributed by atoms with Crippen LogP contribution in [0.25, 0.3) is 10.2 Å². The van der Waals surface area contributed by atoms with Crippen molar-refractivity contribution < 1.29 is 9.18 Å². The first-order valence-electron chi connectivity index (χ1n) is 7.99. The lowest BCUT2D eigenvalue weighted by atomic mass is 10.1. The summed E-state index contributed by atoms with van der Waals surface area (Å²) < 4.78 is 16.4. The highest BCUT2D eigenvalue weighted by molar-refractivity contribution is 7.16. The molecule has 3 rings (SSSR count). The minimum absolute atomic E-state index is 0.165. The molecule has 0 radical (unpaired) electrons. The van der Waals surface area contributed by atoms with Crippen LogP contribution in [-0.2, 0) is 24.2 Å². The summed E-state index contributed by atoms with van der Waals surface area (Å²) >= 11 is 1.26. The number of hydrogen-bond acceptors (Lipinski definition) is 2. The quantitative estimate of drug-likeness (QED) is 0.659. The summed E-state index contributed by atoms with van der Waals surface area (Å²) in [5, 5.41) is 0. The van der Waals surface area contributed by atoms with E-state index in [-0.39, 0.29) is 24.7 Å². The Morgan fingerprint density at radius 2 is 1.96 bits per heavy atom. The number of amides is 1. The van der Waals surface area contributed by atoms with Crippen molar-refractivity contribution >= 4 is 27.5 Å². The van der Waals surface area contributed by atoms with E-state index < -0.39 is 0 Å². The van der Waals surface area contributed by atoms with Gasteiger partial charge in [0, 0.05) is 0 Å². The number of carbonyl (C=O) groups excluding carboxylic acids is 1. The Labute approximate surface area is 149 Å². The Hall–Kier alpha value is -2.71. The summed E-state index contributed by atoms with van der Waals surface area (Å²) in [6.07, 6.45) is 6.56. The molecule has 0 aliphatic carbocycles. The molecule has 0 aliphatic rings. The number of thiazole rings is 1. The van der Waals surface area contributed by atoms with Crippen molar-refractivity contribution in [3.8, 4) is 12.3 Å². The van der Waals surface area contributed by atoms with Crippen LogP contribution in [0, 0.1) is 18.2 Å². The minimum Gasteiger partial charge on any atom is -0.302 e. The number of aryl methyl sites for hydroxylation is 1. The maximum atomic E-state index is 14.1. The van der Waals surface area contributed by atoms with Crippen molar-refractivity contribution in [2.45, 2.75) is 26.3 Å². The summed E-state index contributed by atoms with van der Waals surface area (Å²) in [5.74, 6) is 1.85. The monoisotopic (exact) mass is 352 g/mol. The number of benzene rings is 2. The second-order valence-electron chi connectivity index (χ2n) is 5.61. The first kappa shape index (κ1) is 17.1. The van der Waals surface area contributed by atoms with Crippen LogP contribution in [0.2, 0.25) is 0 Å². The van der Waals surface area contributed by atoms with Gasteiger partial charge in [0.2, 0.25) is 0 Å². The number of fused-ring (bicyclic) bond motifs is 1. The highest BCUT2D eigenvalue weighted by Gasteiger charge is 2.11. The van der Waals surface area contributed by atoms with E-state index in [1.54, 1.807) is 16.7 Å². The molecule has 0 saturated carbocycles. The Kier molecular flexibility index (Phi) is 5.11. The van der Waals surface area contributed by atoms with E-state index in [0.29, 0.717) is 15.0 Å². The van der Waals surface area contributed by atoms with Gasteiger partial charge < -0.3 is 4.57 Å².